The van der Waals surface area contributed by atoms with E-state index in [-0.39, 0.29) is 0 Å². The molecule has 0 rings (SSSR count). The van der Waals surface area contributed by atoms with Crippen LogP contribution in [0.3, 0.4) is 0 Å². The van der Waals surface area contributed by atoms with Gasteiger partial charge in [0.25, 0.3) is 0 Å². The minimum atomic E-state index is -0.833. The van der Waals surface area contributed by atoms with Crippen molar-refractivity contribution in [1.82, 2.24) is 0 Å². The Hall–Kier alpha value is 1.06. The molecule has 1 N–H and O–H groups in total. The van der Waals surface area contributed by atoms with Crippen LogP contribution < -0.4 is 0 Å². The van der Waals surface area contributed by atoms with Crippen LogP contribution in [0.15, 0.2) is 0 Å². The molecule has 0 aromatic heterocycles. The van der Waals surface area contributed by atoms with Gasteiger partial charge in [-0.15, -0.1) is 0 Å². The molecule has 0 atom stereocenters. The third kappa shape index (κ3) is 27.7. The predicted octanol–water partition coefficient (Wildman–Crippen LogP) is 1.56. The van der Waals surface area contributed by atoms with E-state index in [0.717, 1.165) is 0 Å². The second kappa shape index (κ2) is 15.7. The summed E-state index contributed by atoms with van der Waals surface area (Å²) in [5, 5.41) is 0. The molecule has 0 aliphatic carbocycles. The molecule has 0 spiro atoms. The Morgan fingerprint density at radius 2 is 2.12 bits per heavy atom. The largest absolute Gasteiger partial charge is 0.324 e. The van der Waals surface area contributed by atoms with Crippen molar-refractivity contribution >= 4 is 36.6 Å². The van der Waals surface area contributed by atoms with Crippen LogP contribution in [0.25, 0.3) is 0 Å². The first-order chi connectivity index (χ1) is 3.83. The van der Waals surface area contributed by atoms with Gasteiger partial charge in [0.15, 0.2) is 0 Å². The zero-order valence-electron chi connectivity index (χ0n) is 5.42. The van der Waals surface area contributed by atoms with Gasteiger partial charge in [-0.1, -0.05) is 0 Å². The van der Waals surface area contributed by atoms with Crippen LogP contribution in [0.4, 0.5) is 0 Å². The monoisotopic (exact) mass is 144 g/mol. The van der Waals surface area contributed by atoms with Crippen molar-refractivity contribution in [3.8, 4) is 0 Å². The fraction of sp³-hybridized carbons (Fsp3) is 1.00. The zero-order chi connectivity index (χ0) is 6.83. The fourth-order valence-electron chi connectivity index (χ4n) is 0.354. The summed E-state index contributed by atoms with van der Waals surface area (Å²) in [5.74, 6) is 0. The van der Waals surface area contributed by atoms with Gasteiger partial charge in [-0.3, -0.25) is 0 Å². The van der Waals surface area contributed by atoms with Crippen LogP contribution in [-0.4, -0.2) is 32.8 Å². The molecule has 0 aromatic carbocycles. The molecule has 0 radical (unpaired) electrons. The molecule has 0 bridgehead atoms. The SMILES string of the molecule is CCC[CH2][Na].O=PO. The van der Waals surface area contributed by atoms with Crippen molar-refractivity contribution in [3.63, 3.8) is 0 Å². The van der Waals surface area contributed by atoms with Crippen molar-refractivity contribution in [2.75, 3.05) is 0 Å². The molecule has 0 aliphatic rings. The van der Waals surface area contributed by atoms with Crippen LogP contribution in [0.1, 0.15) is 19.8 Å². The Morgan fingerprint density at radius 3 is 2.12 bits per heavy atom. The second-order valence-electron chi connectivity index (χ2n) is 1.44. The topological polar surface area (TPSA) is 37.3 Å². The van der Waals surface area contributed by atoms with E-state index < -0.39 is 8.69 Å². The molecule has 0 aliphatic heterocycles. The van der Waals surface area contributed by atoms with E-state index in [1.165, 1.54) is 44.4 Å². The quantitative estimate of drug-likeness (QED) is 0.471. The number of rotatable bonds is 2. The molecule has 44 valence electrons. The maximum absolute atomic E-state index is 8.46. The standard InChI is InChI=1S/C4H9.Na.HO2P/c1-3-4-2;;1-3-2/h1,3-4H2,2H3;;(H,1,2). The van der Waals surface area contributed by atoms with Crippen molar-refractivity contribution in [2.24, 2.45) is 0 Å². The van der Waals surface area contributed by atoms with E-state index in [2.05, 4.69) is 6.92 Å². The van der Waals surface area contributed by atoms with Gasteiger partial charge in [0.1, 0.15) is 0 Å². The summed E-state index contributed by atoms with van der Waals surface area (Å²) in [6, 6.07) is 0. The van der Waals surface area contributed by atoms with Gasteiger partial charge in [-0.05, 0) is 0 Å². The van der Waals surface area contributed by atoms with E-state index in [1.54, 1.807) is 0 Å². The molecule has 0 aromatic rings. The van der Waals surface area contributed by atoms with Gasteiger partial charge in [0.2, 0.25) is 0 Å². The van der Waals surface area contributed by atoms with Gasteiger partial charge < -0.3 is 4.89 Å². The maximum Gasteiger partial charge on any atom is 0.324 e. The molecule has 0 saturated heterocycles. The molecular weight excluding hydrogens is 134 g/mol. The Labute approximate surface area is 69.4 Å². The van der Waals surface area contributed by atoms with Crippen LogP contribution in [0.5, 0.6) is 0 Å². The minimum Gasteiger partial charge on any atom is -0.310 e. The molecular formula is C4H10NaO2P. The maximum atomic E-state index is 8.46. The third-order valence-electron chi connectivity index (χ3n) is 0.707. The average molecular weight is 144 g/mol. The number of unbranched alkanes of at least 4 members (excludes halogenated alkanes) is 1. The third-order valence-corrected chi connectivity index (χ3v) is 1.41. The summed E-state index contributed by atoms with van der Waals surface area (Å²) in [6.45, 7) is 2.23. The van der Waals surface area contributed by atoms with Gasteiger partial charge >= 0.3 is 60.1 Å². The van der Waals surface area contributed by atoms with Crippen LogP contribution in [-0.2, 0) is 4.57 Å². The number of hydrogen-bond donors (Lipinski definition) is 1. The Balaban J connectivity index is 0. The van der Waals surface area contributed by atoms with E-state index in [1.807, 2.05) is 0 Å². The van der Waals surface area contributed by atoms with Gasteiger partial charge in [0, 0.05) is 0 Å². The molecule has 8 heavy (non-hydrogen) atoms. The summed E-state index contributed by atoms with van der Waals surface area (Å²) < 4.78 is 9.94. The molecule has 0 fully saturated rings. The van der Waals surface area contributed by atoms with E-state index in [9.17, 15) is 0 Å². The Bertz CT molecular complexity index is 41.0. The fourth-order valence-corrected chi connectivity index (χ4v) is 1.06. The van der Waals surface area contributed by atoms with Gasteiger partial charge in [-0.25, -0.2) is 4.57 Å². The summed E-state index contributed by atoms with van der Waals surface area (Å²) in [6.07, 6.45) is 2.83. The van der Waals surface area contributed by atoms with Crippen molar-refractivity contribution in [3.05, 3.63) is 0 Å². The smallest absolute Gasteiger partial charge is 0.310 e. The zero-order valence-corrected chi connectivity index (χ0v) is 8.32. The Kier molecular flexibility index (Phi) is 23.2. The van der Waals surface area contributed by atoms with Crippen LogP contribution in [0.2, 0.25) is 3.67 Å². The summed E-state index contributed by atoms with van der Waals surface area (Å²) in [4.78, 5) is 6.99. The normalized spacial score (nSPS) is 8.00. The summed E-state index contributed by atoms with van der Waals surface area (Å²) in [5.41, 5.74) is 0. The average Bonchev–Trinajstić information content (AvgIpc) is 1.71. The Morgan fingerprint density at radius 1 is 1.75 bits per heavy atom. The molecule has 4 heteroatoms. The first kappa shape index (κ1) is 11.8. The van der Waals surface area contributed by atoms with Crippen molar-refractivity contribution in [2.45, 2.75) is 23.4 Å². The van der Waals surface area contributed by atoms with Gasteiger partial charge in [0.05, 0.1) is 0 Å². The van der Waals surface area contributed by atoms with Crippen LogP contribution >= 0.6 is 8.69 Å². The van der Waals surface area contributed by atoms with E-state index in [4.69, 9.17) is 9.46 Å². The first-order valence-electron chi connectivity index (χ1n) is 2.80. The summed E-state index contributed by atoms with van der Waals surface area (Å²) in [7, 11) is -0.833. The molecule has 2 nitrogen and oxygen atoms in total. The predicted molar refractivity (Wildman–Crippen MR) is 35.3 cm³/mol. The molecule has 0 saturated carbocycles. The number of hydrogen-bond acceptors (Lipinski definition) is 1. The van der Waals surface area contributed by atoms with Crippen molar-refractivity contribution in [1.29, 1.82) is 0 Å². The molecule has 0 unspecified atom stereocenters. The minimum absolute atomic E-state index is 0.833. The summed E-state index contributed by atoms with van der Waals surface area (Å²) >= 11 is 1.40. The molecule has 0 amide bonds. The van der Waals surface area contributed by atoms with E-state index in [0.29, 0.717) is 0 Å². The second-order valence-corrected chi connectivity index (χ2v) is 2.60. The molecule has 0 heterocycles. The van der Waals surface area contributed by atoms with Crippen molar-refractivity contribution < 1.29 is 9.46 Å². The first-order valence-corrected chi connectivity index (χ1v) is 4.98. The van der Waals surface area contributed by atoms with Crippen LogP contribution in [0, 0.1) is 0 Å². The van der Waals surface area contributed by atoms with E-state index >= 15 is 0 Å². The van der Waals surface area contributed by atoms with Gasteiger partial charge in [-0.2, -0.15) is 0 Å².